The number of methoxy groups -OCH3 is 1. The van der Waals surface area contributed by atoms with Crippen LogP contribution in [0.5, 0.6) is 5.75 Å². The topological polar surface area (TPSA) is 101 Å². The Bertz CT molecular complexity index is 1150. The van der Waals surface area contributed by atoms with E-state index in [2.05, 4.69) is 15.5 Å². The monoisotopic (exact) mass is 460 g/mol. The first-order valence-corrected chi connectivity index (χ1v) is 12.0. The van der Waals surface area contributed by atoms with Crippen molar-refractivity contribution >= 4 is 32.4 Å². The van der Waals surface area contributed by atoms with Gasteiger partial charge in [-0.2, -0.15) is 4.31 Å². The molecule has 0 fully saturated rings. The number of carbonyl (C=O) groups is 1. The van der Waals surface area contributed by atoms with Gasteiger partial charge >= 0.3 is 0 Å². The van der Waals surface area contributed by atoms with Gasteiger partial charge in [0.15, 0.2) is 0 Å². The minimum Gasteiger partial charge on any atom is -0.495 e. The molecule has 0 aliphatic rings. The number of aryl methyl sites for hydroxylation is 1. The van der Waals surface area contributed by atoms with Crippen LogP contribution in [0.3, 0.4) is 0 Å². The van der Waals surface area contributed by atoms with Gasteiger partial charge in [-0.1, -0.05) is 55.5 Å². The van der Waals surface area contributed by atoms with Gasteiger partial charge in [0, 0.05) is 18.7 Å². The van der Waals surface area contributed by atoms with Crippen molar-refractivity contribution in [1.82, 2.24) is 14.5 Å². The number of sulfonamides is 1. The Balaban J connectivity index is 1.92. The zero-order chi connectivity index (χ0) is 22.4. The first-order chi connectivity index (χ1) is 14.9. The number of nitrogens with one attached hydrogen (secondary N) is 1. The van der Waals surface area contributed by atoms with Crippen LogP contribution in [0.25, 0.3) is 0 Å². The fourth-order valence-electron chi connectivity index (χ4n) is 2.93. The molecular weight excluding hydrogens is 436 g/mol. The van der Waals surface area contributed by atoms with Gasteiger partial charge < -0.3 is 4.74 Å². The molecule has 3 rings (SSSR count). The Labute approximate surface area is 185 Å². The minimum atomic E-state index is -3.92. The summed E-state index contributed by atoms with van der Waals surface area (Å²) in [5, 5.41) is 11.7. The molecular formula is C21H24N4O4S2. The van der Waals surface area contributed by atoms with E-state index >= 15 is 0 Å². The number of rotatable bonds is 9. The Morgan fingerprint density at radius 3 is 2.48 bits per heavy atom. The fraction of sp³-hybridized carbons (Fsp3) is 0.286. The second-order valence-electron chi connectivity index (χ2n) is 6.59. The smallest absolute Gasteiger partial charge is 0.257 e. The maximum absolute atomic E-state index is 13.4. The number of aromatic nitrogens is 2. The van der Waals surface area contributed by atoms with Gasteiger partial charge in [-0.15, -0.1) is 10.2 Å². The van der Waals surface area contributed by atoms with Crippen molar-refractivity contribution in [2.24, 2.45) is 0 Å². The highest BCUT2D eigenvalue weighted by atomic mass is 32.2. The number of benzene rings is 2. The molecule has 0 atom stereocenters. The maximum atomic E-state index is 13.4. The molecule has 1 heterocycles. The van der Waals surface area contributed by atoms with E-state index < -0.39 is 15.9 Å². The second kappa shape index (κ2) is 9.99. The summed E-state index contributed by atoms with van der Waals surface area (Å²) in [6, 6.07) is 13.7. The van der Waals surface area contributed by atoms with Crippen LogP contribution in [0.2, 0.25) is 0 Å². The van der Waals surface area contributed by atoms with Crippen LogP contribution in [0.4, 0.5) is 5.13 Å². The van der Waals surface area contributed by atoms with Crippen molar-refractivity contribution in [3.63, 3.8) is 0 Å². The molecule has 0 saturated carbocycles. The number of amides is 1. The Morgan fingerprint density at radius 1 is 1.13 bits per heavy atom. The molecule has 8 nitrogen and oxygen atoms in total. The first-order valence-electron chi connectivity index (χ1n) is 9.74. The molecule has 0 radical (unpaired) electrons. The quantitative estimate of drug-likeness (QED) is 0.524. The van der Waals surface area contributed by atoms with E-state index in [0.717, 1.165) is 10.6 Å². The van der Waals surface area contributed by atoms with Crippen LogP contribution < -0.4 is 10.1 Å². The highest BCUT2D eigenvalue weighted by Crippen LogP contribution is 2.29. The minimum absolute atomic E-state index is 0.0630. The molecule has 0 aliphatic heterocycles. The van der Waals surface area contributed by atoms with E-state index in [9.17, 15) is 13.2 Å². The summed E-state index contributed by atoms with van der Waals surface area (Å²) in [6.07, 6.45) is 0.715. The summed E-state index contributed by atoms with van der Waals surface area (Å²) >= 11 is 1.28. The van der Waals surface area contributed by atoms with Crippen molar-refractivity contribution in [1.29, 1.82) is 0 Å². The summed E-state index contributed by atoms with van der Waals surface area (Å²) in [7, 11) is -2.52. The van der Waals surface area contributed by atoms with Crippen molar-refractivity contribution in [3.05, 3.63) is 64.7 Å². The number of nitrogens with zero attached hydrogens (tertiary/aromatic N) is 3. The van der Waals surface area contributed by atoms with Gasteiger partial charge in [0.25, 0.3) is 5.91 Å². The third-order valence-corrected chi connectivity index (χ3v) is 7.51. The third-order valence-electron chi connectivity index (χ3n) is 4.59. The zero-order valence-corrected chi connectivity index (χ0v) is 19.2. The SMILES string of the molecule is CCc1nnc(NC(=O)c2ccc(OC)c(S(=O)(=O)N(CC)Cc3ccccc3)c2)s1. The van der Waals surface area contributed by atoms with Crippen LogP contribution in [0, 0.1) is 0 Å². The van der Waals surface area contributed by atoms with Crippen LogP contribution in [0.15, 0.2) is 53.4 Å². The molecule has 31 heavy (non-hydrogen) atoms. The maximum Gasteiger partial charge on any atom is 0.257 e. The van der Waals surface area contributed by atoms with E-state index in [-0.39, 0.29) is 29.3 Å². The highest BCUT2D eigenvalue weighted by molar-refractivity contribution is 7.89. The lowest BCUT2D eigenvalue weighted by atomic mass is 10.2. The molecule has 10 heteroatoms. The van der Waals surface area contributed by atoms with E-state index in [1.165, 1.54) is 41.0 Å². The predicted octanol–water partition coefficient (Wildman–Crippen LogP) is 3.57. The Morgan fingerprint density at radius 2 is 1.87 bits per heavy atom. The van der Waals surface area contributed by atoms with Gasteiger partial charge in [0.2, 0.25) is 15.2 Å². The van der Waals surface area contributed by atoms with Crippen molar-refractivity contribution in [2.75, 3.05) is 19.0 Å². The second-order valence-corrected chi connectivity index (χ2v) is 9.56. The lowest BCUT2D eigenvalue weighted by Crippen LogP contribution is -2.31. The number of ether oxygens (including phenoxy) is 1. The van der Waals surface area contributed by atoms with E-state index in [0.29, 0.717) is 11.6 Å². The van der Waals surface area contributed by atoms with E-state index in [4.69, 9.17) is 4.74 Å². The van der Waals surface area contributed by atoms with Crippen molar-refractivity contribution in [2.45, 2.75) is 31.7 Å². The average Bonchev–Trinajstić information content (AvgIpc) is 3.25. The van der Waals surface area contributed by atoms with Crippen LogP contribution in [0.1, 0.15) is 34.8 Å². The lowest BCUT2D eigenvalue weighted by molar-refractivity contribution is 0.102. The largest absolute Gasteiger partial charge is 0.495 e. The summed E-state index contributed by atoms with van der Waals surface area (Å²) in [6.45, 7) is 4.19. The Kier molecular flexibility index (Phi) is 7.37. The molecule has 0 unspecified atom stereocenters. The molecule has 0 spiro atoms. The molecule has 1 N–H and O–H groups in total. The lowest BCUT2D eigenvalue weighted by Gasteiger charge is -2.22. The summed E-state index contributed by atoms with van der Waals surface area (Å²) in [5.74, 6) is -0.295. The molecule has 0 aliphatic carbocycles. The molecule has 164 valence electrons. The fourth-order valence-corrected chi connectivity index (χ4v) is 5.22. The third kappa shape index (κ3) is 5.27. The molecule has 3 aromatic rings. The van der Waals surface area contributed by atoms with Crippen LogP contribution >= 0.6 is 11.3 Å². The van der Waals surface area contributed by atoms with Crippen LogP contribution in [-0.2, 0) is 23.0 Å². The molecule has 0 saturated heterocycles. The standard InChI is InChI=1S/C21H24N4O4S2/c1-4-19-23-24-21(30-19)22-20(26)16-11-12-17(29-3)18(13-16)31(27,28)25(5-2)14-15-9-7-6-8-10-15/h6-13H,4-5,14H2,1-3H3,(H,22,24,26). The number of carbonyl (C=O) groups excluding carboxylic acids is 1. The normalized spacial score (nSPS) is 11.5. The number of hydrogen-bond donors (Lipinski definition) is 1. The molecule has 1 aromatic heterocycles. The zero-order valence-electron chi connectivity index (χ0n) is 17.5. The summed E-state index contributed by atoms with van der Waals surface area (Å²) < 4.78 is 33.5. The summed E-state index contributed by atoms with van der Waals surface area (Å²) in [4.78, 5) is 12.6. The van der Waals surface area contributed by atoms with Crippen molar-refractivity contribution < 1.29 is 17.9 Å². The van der Waals surface area contributed by atoms with Crippen molar-refractivity contribution in [3.8, 4) is 5.75 Å². The van der Waals surface area contributed by atoms with Gasteiger partial charge in [-0.3, -0.25) is 10.1 Å². The molecule has 0 bridgehead atoms. The average molecular weight is 461 g/mol. The Hall–Kier alpha value is -2.82. The van der Waals surface area contributed by atoms with Crippen LogP contribution in [-0.4, -0.2) is 42.5 Å². The molecule has 2 aromatic carbocycles. The summed E-state index contributed by atoms with van der Waals surface area (Å²) in [5.41, 5.74) is 1.05. The van der Waals surface area contributed by atoms with Gasteiger partial charge in [0.1, 0.15) is 15.7 Å². The van der Waals surface area contributed by atoms with Gasteiger partial charge in [0.05, 0.1) is 7.11 Å². The number of hydrogen-bond acceptors (Lipinski definition) is 7. The number of anilines is 1. The molecule has 1 amide bonds. The first kappa shape index (κ1) is 22.9. The van der Waals surface area contributed by atoms with Gasteiger partial charge in [-0.05, 0) is 30.2 Å². The predicted molar refractivity (Wildman–Crippen MR) is 120 cm³/mol. The van der Waals surface area contributed by atoms with E-state index in [1.807, 2.05) is 37.3 Å². The highest BCUT2D eigenvalue weighted by Gasteiger charge is 2.28. The van der Waals surface area contributed by atoms with E-state index in [1.54, 1.807) is 6.92 Å². The van der Waals surface area contributed by atoms with Gasteiger partial charge in [-0.25, -0.2) is 8.42 Å².